The number of carbonyl (C=O) groups excluding carboxylic acids is 1. The molecule has 1 unspecified atom stereocenters. The monoisotopic (exact) mass is 315 g/mol. The molecule has 0 aliphatic carbocycles. The van der Waals surface area contributed by atoms with E-state index in [0.29, 0.717) is 24.5 Å². The molecule has 1 saturated heterocycles. The van der Waals surface area contributed by atoms with Gasteiger partial charge >= 0.3 is 0 Å². The summed E-state index contributed by atoms with van der Waals surface area (Å²) >= 11 is 0. The van der Waals surface area contributed by atoms with Crippen LogP contribution in [0, 0.1) is 0 Å². The van der Waals surface area contributed by atoms with Gasteiger partial charge in [0.25, 0.3) is 5.91 Å². The number of piperazine rings is 1. The van der Waals surface area contributed by atoms with Gasteiger partial charge in [0.2, 0.25) is 5.88 Å². The molecule has 23 heavy (non-hydrogen) atoms. The molecule has 0 radical (unpaired) electrons. The number of pyridine rings is 1. The van der Waals surface area contributed by atoms with Gasteiger partial charge in [-0.25, -0.2) is 9.97 Å². The summed E-state index contributed by atoms with van der Waals surface area (Å²) in [5, 5.41) is 0. The zero-order chi connectivity index (χ0) is 16.2. The molecular weight excluding hydrogens is 294 g/mol. The molecule has 1 aliphatic rings. The average Bonchev–Trinajstić information content (AvgIpc) is 3.15. The number of methoxy groups -OCH3 is 1. The van der Waals surface area contributed by atoms with Gasteiger partial charge in [-0.2, -0.15) is 0 Å². The van der Waals surface area contributed by atoms with E-state index in [9.17, 15) is 4.79 Å². The summed E-state index contributed by atoms with van der Waals surface area (Å²) in [4.78, 5) is 28.7. The first-order chi connectivity index (χ1) is 11.2. The molecular formula is C16H21N5O2. The summed E-state index contributed by atoms with van der Waals surface area (Å²) < 4.78 is 5.21. The molecule has 1 N–H and O–H groups in total. The van der Waals surface area contributed by atoms with Gasteiger partial charge in [0.15, 0.2) is 0 Å². The Morgan fingerprint density at radius 1 is 1.39 bits per heavy atom. The summed E-state index contributed by atoms with van der Waals surface area (Å²) in [5.74, 6) is 1.20. The van der Waals surface area contributed by atoms with Crippen LogP contribution in [0.25, 0.3) is 0 Å². The van der Waals surface area contributed by atoms with E-state index in [1.807, 2.05) is 11.1 Å². The van der Waals surface area contributed by atoms with E-state index in [0.717, 1.165) is 18.9 Å². The number of nitrogens with zero attached hydrogens (tertiary/aromatic N) is 4. The Balaban J connectivity index is 1.82. The number of hydrogen-bond donors (Lipinski definition) is 1. The first-order valence-corrected chi connectivity index (χ1v) is 7.76. The Morgan fingerprint density at radius 2 is 2.26 bits per heavy atom. The Morgan fingerprint density at radius 3 is 2.96 bits per heavy atom. The fourth-order valence-electron chi connectivity index (χ4n) is 2.99. The topological polar surface area (TPSA) is 74.3 Å². The standard InChI is InChI=1S/C16H21N5O2/c1-3-20-9-10-21(11-13(20)14-17-7-8-18-14)16(22)12-5-4-6-19-15(12)23-2/h4-8,13H,3,9-11H2,1-2H3,(H,17,18). The van der Waals surface area contributed by atoms with Gasteiger partial charge in [-0.3, -0.25) is 9.69 Å². The molecule has 7 heteroatoms. The number of imidazole rings is 1. The molecule has 2 aromatic rings. The van der Waals surface area contributed by atoms with Crippen molar-refractivity contribution >= 4 is 5.91 Å². The molecule has 1 amide bonds. The number of hydrogen-bond acceptors (Lipinski definition) is 5. The number of likely N-dealkylation sites (N-methyl/N-ethyl adjacent to an activating group) is 1. The van der Waals surface area contributed by atoms with Gasteiger partial charge in [-0.15, -0.1) is 0 Å². The molecule has 1 fully saturated rings. The fraction of sp³-hybridized carbons (Fsp3) is 0.438. The Bertz CT molecular complexity index is 658. The maximum Gasteiger partial charge on any atom is 0.259 e. The van der Waals surface area contributed by atoms with Gasteiger partial charge in [-0.05, 0) is 18.7 Å². The van der Waals surface area contributed by atoms with Crippen molar-refractivity contribution in [3.8, 4) is 5.88 Å². The van der Waals surface area contributed by atoms with E-state index in [2.05, 4.69) is 26.8 Å². The van der Waals surface area contributed by atoms with E-state index in [4.69, 9.17) is 4.74 Å². The van der Waals surface area contributed by atoms with E-state index < -0.39 is 0 Å². The van der Waals surface area contributed by atoms with E-state index >= 15 is 0 Å². The molecule has 1 atom stereocenters. The van der Waals surface area contributed by atoms with Crippen molar-refractivity contribution in [2.24, 2.45) is 0 Å². The SMILES string of the molecule is CCN1CCN(C(=O)c2cccnc2OC)CC1c1ncc[nH]1. The van der Waals surface area contributed by atoms with Crippen molar-refractivity contribution in [1.82, 2.24) is 24.8 Å². The lowest BCUT2D eigenvalue weighted by Gasteiger charge is -2.40. The molecule has 7 nitrogen and oxygen atoms in total. The smallest absolute Gasteiger partial charge is 0.259 e. The maximum atomic E-state index is 12.8. The zero-order valence-electron chi connectivity index (χ0n) is 13.4. The molecule has 1 aliphatic heterocycles. The van der Waals surface area contributed by atoms with E-state index in [-0.39, 0.29) is 11.9 Å². The van der Waals surface area contributed by atoms with Gasteiger partial charge in [0.05, 0.1) is 13.2 Å². The number of amides is 1. The number of nitrogens with one attached hydrogen (secondary N) is 1. The average molecular weight is 315 g/mol. The van der Waals surface area contributed by atoms with Crippen molar-refractivity contribution in [3.05, 3.63) is 42.1 Å². The van der Waals surface area contributed by atoms with Gasteiger partial charge in [-0.1, -0.05) is 6.92 Å². The van der Waals surface area contributed by atoms with Crippen LogP contribution >= 0.6 is 0 Å². The third-order valence-corrected chi connectivity index (χ3v) is 4.21. The number of aromatic amines is 1. The lowest BCUT2D eigenvalue weighted by Crippen LogP contribution is -2.50. The number of carbonyl (C=O) groups is 1. The summed E-state index contributed by atoms with van der Waals surface area (Å²) in [6.07, 6.45) is 5.18. The lowest BCUT2D eigenvalue weighted by molar-refractivity contribution is 0.0476. The highest BCUT2D eigenvalue weighted by Crippen LogP contribution is 2.25. The van der Waals surface area contributed by atoms with Crippen LogP contribution in [0.1, 0.15) is 29.1 Å². The first kappa shape index (κ1) is 15.5. The van der Waals surface area contributed by atoms with Crippen molar-refractivity contribution in [2.45, 2.75) is 13.0 Å². The molecule has 0 saturated carbocycles. The van der Waals surface area contributed by atoms with Crippen molar-refractivity contribution in [3.63, 3.8) is 0 Å². The molecule has 0 spiro atoms. The zero-order valence-corrected chi connectivity index (χ0v) is 13.4. The predicted molar refractivity (Wildman–Crippen MR) is 85.3 cm³/mol. The summed E-state index contributed by atoms with van der Waals surface area (Å²) in [7, 11) is 1.53. The highest BCUT2D eigenvalue weighted by atomic mass is 16.5. The van der Waals surface area contributed by atoms with Crippen LogP contribution in [0.5, 0.6) is 5.88 Å². The Hall–Kier alpha value is -2.41. The second kappa shape index (κ2) is 6.78. The third-order valence-electron chi connectivity index (χ3n) is 4.21. The highest BCUT2D eigenvalue weighted by molar-refractivity contribution is 5.96. The molecule has 0 bridgehead atoms. The van der Waals surface area contributed by atoms with Crippen LogP contribution < -0.4 is 4.74 Å². The Labute approximate surface area is 135 Å². The number of ether oxygens (including phenoxy) is 1. The first-order valence-electron chi connectivity index (χ1n) is 7.76. The number of aromatic nitrogens is 3. The minimum absolute atomic E-state index is 0.0535. The van der Waals surface area contributed by atoms with Gasteiger partial charge < -0.3 is 14.6 Å². The van der Waals surface area contributed by atoms with Crippen LogP contribution in [0.15, 0.2) is 30.7 Å². The fourth-order valence-corrected chi connectivity index (χ4v) is 2.99. The minimum atomic E-state index is -0.0535. The second-order valence-electron chi connectivity index (χ2n) is 5.43. The van der Waals surface area contributed by atoms with Gasteiger partial charge in [0, 0.05) is 38.2 Å². The van der Waals surface area contributed by atoms with Crippen LogP contribution in [-0.2, 0) is 0 Å². The van der Waals surface area contributed by atoms with Gasteiger partial charge in [0.1, 0.15) is 11.4 Å². The van der Waals surface area contributed by atoms with Crippen LogP contribution in [-0.4, -0.2) is 63.9 Å². The van der Waals surface area contributed by atoms with Crippen LogP contribution in [0.4, 0.5) is 0 Å². The molecule has 3 rings (SSSR count). The second-order valence-corrected chi connectivity index (χ2v) is 5.43. The number of H-pyrrole nitrogens is 1. The predicted octanol–water partition coefficient (Wildman–Crippen LogP) is 1.33. The van der Waals surface area contributed by atoms with Crippen LogP contribution in [0.3, 0.4) is 0 Å². The molecule has 122 valence electrons. The maximum absolute atomic E-state index is 12.8. The minimum Gasteiger partial charge on any atom is -0.480 e. The molecule has 2 aromatic heterocycles. The highest BCUT2D eigenvalue weighted by Gasteiger charge is 2.32. The summed E-state index contributed by atoms with van der Waals surface area (Å²) in [6.45, 7) is 5.14. The van der Waals surface area contributed by atoms with Crippen molar-refractivity contribution in [2.75, 3.05) is 33.3 Å². The quantitative estimate of drug-likeness (QED) is 0.921. The van der Waals surface area contributed by atoms with Crippen molar-refractivity contribution < 1.29 is 9.53 Å². The third kappa shape index (κ3) is 3.05. The molecule has 3 heterocycles. The van der Waals surface area contributed by atoms with E-state index in [1.165, 1.54) is 7.11 Å². The van der Waals surface area contributed by atoms with E-state index in [1.54, 1.807) is 24.5 Å². The summed E-state index contributed by atoms with van der Waals surface area (Å²) in [5.41, 5.74) is 0.498. The van der Waals surface area contributed by atoms with Crippen LogP contribution in [0.2, 0.25) is 0 Å². The number of rotatable bonds is 4. The Kier molecular flexibility index (Phi) is 4.57. The largest absolute Gasteiger partial charge is 0.480 e. The van der Waals surface area contributed by atoms with Crippen molar-refractivity contribution in [1.29, 1.82) is 0 Å². The lowest BCUT2D eigenvalue weighted by atomic mass is 10.1. The summed E-state index contributed by atoms with van der Waals surface area (Å²) in [6, 6.07) is 3.58. The molecule has 0 aromatic carbocycles. The normalized spacial score (nSPS) is 18.9.